The van der Waals surface area contributed by atoms with Crippen molar-refractivity contribution in [2.24, 2.45) is 5.41 Å². The Morgan fingerprint density at radius 3 is 2.36 bits per heavy atom. The zero-order valence-electron chi connectivity index (χ0n) is 14.7. The second-order valence-electron chi connectivity index (χ2n) is 7.78. The first-order valence-electron chi connectivity index (χ1n) is 7.59. The Kier molecular flexibility index (Phi) is 5.98. The standard InChI is InChI=1S/C16H29N3O2S/c1-10(13-19-11(9-22-13)15(2,3)4)18-14(21)17-8-12(20)16(5,6)7/h9-10,12,20H,8H2,1-7H3,(H2,17,18,21). The molecule has 0 aliphatic carbocycles. The zero-order valence-corrected chi connectivity index (χ0v) is 15.5. The monoisotopic (exact) mass is 327 g/mol. The number of rotatable bonds is 4. The number of aliphatic hydroxyl groups excluding tert-OH is 1. The maximum atomic E-state index is 11.9. The number of hydrogen-bond donors (Lipinski definition) is 3. The highest BCUT2D eigenvalue weighted by Gasteiger charge is 2.23. The van der Waals surface area contributed by atoms with Gasteiger partial charge in [0.15, 0.2) is 0 Å². The van der Waals surface area contributed by atoms with Crippen LogP contribution in [-0.4, -0.2) is 28.8 Å². The molecule has 0 bridgehead atoms. The van der Waals surface area contributed by atoms with Crippen LogP contribution in [0.25, 0.3) is 0 Å². The fourth-order valence-corrected chi connectivity index (χ4v) is 2.69. The third-order valence-electron chi connectivity index (χ3n) is 3.46. The van der Waals surface area contributed by atoms with Crippen molar-refractivity contribution in [3.05, 3.63) is 16.1 Å². The maximum absolute atomic E-state index is 11.9. The molecule has 1 rings (SSSR count). The summed E-state index contributed by atoms with van der Waals surface area (Å²) >= 11 is 1.55. The maximum Gasteiger partial charge on any atom is 0.315 e. The summed E-state index contributed by atoms with van der Waals surface area (Å²) in [7, 11) is 0. The van der Waals surface area contributed by atoms with Gasteiger partial charge in [0.05, 0.1) is 17.8 Å². The van der Waals surface area contributed by atoms with Gasteiger partial charge in [0.1, 0.15) is 5.01 Å². The number of nitrogens with zero attached hydrogens (tertiary/aromatic N) is 1. The Morgan fingerprint density at radius 1 is 1.32 bits per heavy atom. The van der Waals surface area contributed by atoms with Crippen LogP contribution in [0.1, 0.15) is 65.2 Å². The molecule has 3 N–H and O–H groups in total. The van der Waals surface area contributed by atoms with Crippen molar-refractivity contribution in [1.82, 2.24) is 15.6 Å². The lowest BCUT2D eigenvalue weighted by atomic mass is 9.89. The number of thiazole rings is 1. The molecule has 2 amide bonds. The normalized spacial score (nSPS) is 15.3. The summed E-state index contributed by atoms with van der Waals surface area (Å²) < 4.78 is 0. The van der Waals surface area contributed by atoms with Crippen LogP contribution in [0.2, 0.25) is 0 Å². The quantitative estimate of drug-likeness (QED) is 0.795. The number of amides is 2. The largest absolute Gasteiger partial charge is 0.391 e. The predicted molar refractivity (Wildman–Crippen MR) is 91.2 cm³/mol. The Morgan fingerprint density at radius 2 is 1.91 bits per heavy atom. The molecule has 1 heterocycles. The van der Waals surface area contributed by atoms with Crippen molar-refractivity contribution in [2.45, 2.75) is 66.0 Å². The van der Waals surface area contributed by atoms with Crippen LogP contribution in [-0.2, 0) is 5.41 Å². The highest BCUT2D eigenvalue weighted by molar-refractivity contribution is 7.09. The van der Waals surface area contributed by atoms with Crippen LogP contribution in [0.5, 0.6) is 0 Å². The van der Waals surface area contributed by atoms with E-state index in [2.05, 4.69) is 36.4 Å². The molecule has 2 unspecified atom stereocenters. The van der Waals surface area contributed by atoms with E-state index in [0.717, 1.165) is 10.7 Å². The minimum absolute atomic E-state index is 0.00749. The number of urea groups is 1. The van der Waals surface area contributed by atoms with E-state index in [-0.39, 0.29) is 29.4 Å². The number of aromatic nitrogens is 1. The van der Waals surface area contributed by atoms with Crippen LogP contribution in [0.4, 0.5) is 4.79 Å². The van der Waals surface area contributed by atoms with Crippen LogP contribution in [0.3, 0.4) is 0 Å². The Bertz CT molecular complexity index is 500. The van der Waals surface area contributed by atoms with Crippen molar-refractivity contribution >= 4 is 17.4 Å². The van der Waals surface area contributed by atoms with E-state index in [9.17, 15) is 9.90 Å². The van der Waals surface area contributed by atoms with E-state index in [4.69, 9.17) is 0 Å². The summed E-state index contributed by atoms with van der Waals surface area (Å²) in [6.45, 7) is 14.3. The van der Waals surface area contributed by atoms with E-state index in [1.165, 1.54) is 0 Å². The lowest BCUT2D eigenvalue weighted by Gasteiger charge is -2.26. The van der Waals surface area contributed by atoms with E-state index in [0.29, 0.717) is 0 Å². The second kappa shape index (κ2) is 6.96. The number of carbonyl (C=O) groups is 1. The molecule has 22 heavy (non-hydrogen) atoms. The first-order valence-corrected chi connectivity index (χ1v) is 8.47. The van der Waals surface area contributed by atoms with Gasteiger partial charge in [0, 0.05) is 17.3 Å². The number of carbonyl (C=O) groups excluding carboxylic acids is 1. The zero-order chi connectivity index (χ0) is 17.1. The molecule has 0 radical (unpaired) electrons. The Hall–Kier alpha value is -1.14. The summed E-state index contributed by atoms with van der Waals surface area (Å²) in [5.41, 5.74) is 0.785. The molecule has 2 atom stereocenters. The Labute approximate surface area is 137 Å². The lowest BCUT2D eigenvalue weighted by molar-refractivity contribution is 0.0649. The Balaban J connectivity index is 2.53. The number of hydrogen-bond acceptors (Lipinski definition) is 4. The van der Waals surface area contributed by atoms with E-state index in [1.54, 1.807) is 11.3 Å². The summed E-state index contributed by atoms with van der Waals surface area (Å²) in [4.78, 5) is 16.5. The third kappa shape index (κ3) is 5.57. The van der Waals surface area contributed by atoms with Crippen molar-refractivity contribution < 1.29 is 9.90 Å². The summed E-state index contributed by atoms with van der Waals surface area (Å²) in [5, 5.41) is 18.4. The van der Waals surface area contributed by atoms with Crippen LogP contribution in [0.15, 0.2) is 5.38 Å². The van der Waals surface area contributed by atoms with Gasteiger partial charge in [0.25, 0.3) is 0 Å². The molecule has 1 aromatic rings. The highest BCUT2D eigenvalue weighted by atomic mass is 32.1. The first-order chi connectivity index (χ1) is 9.91. The minimum atomic E-state index is -0.582. The molecule has 0 saturated carbocycles. The minimum Gasteiger partial charge on any atom is -0.391 e. The van der Waals surface area contributed by atoms with Crippen LogP contribution in [0, 0.1) is 5.41 Å². The van der Waals surface area contributed by atoms with Gasteiger partial charge in [-0.2, -0.15) is 0 Å². The first kappa shape index (κ1) is 18.9. The molecule has 126 valence electrons. The molecule has 0 aliphatic rings. The van der Waals surface area contributed by atoms with Crippen molar-refractivity contribution in [3.63, 3.8) is 0 Å². The molecular weight excluding hydrogens is 298 g/mol. The fourth-order valence-electron chi connectivity index (χ4n) is 1.64. The average molecular weight is 327 g/mol. The van der Waals surface area contributed by atoms with Crippen molar-refractivity contribution in [1.29, 1.82) is 0 Å². The fraction of sp³-hybridized carbons (Fsp3) is 0.750. The molecule has 0 fully saturated rings. The summed E-state index contributed by atoms with van der Waals surface area (Å²) in [6, 6.07) is -0.448. The van der Waals surface area contributed by atoms with Gasteiger partial charge in [0.2, 0.25) is 0 Å². The van der Waals surface area contributed by atoms with Gasteiger partial charge in [-0.3, -0.25) is 0 Å². The molecule has 0 spiro atoms. The van der Waals surface area contributed by atoms with Gasteiger partial charge in [-0.15, -0.1) is 11.3 Å². The van der Waals surface area contributed by atoms with E-state index in [1.807, 2.05) is 33.1 Å². The van der Waals surface area contributed by atoms with Gasteiger partial charge >= 0.3 is 6.03 Å². The van der Waals surface area contributed by atoms with E-state index < -0.39 is 6.10 Å². The average Bonchev–Trinajstić information content (AvgIpc) is 2.83. The molecular formula is C16H29N3O2S. The van der Waals surface area contributed by atoms with Gasteiger partial charge in [-0.1, -0.05) is 41.5 Å². The van der Waals surface area contributed by atoms with Gasteiger partial charge in [-0.05, 0) is 12.3 Å². The summed E-state index contributed by atoms with van der Waals surface area (Å²) in [5.74, 6) is 0. The smallest absolute Gasteiger partial charge is 0.315 e. The highest BCUT2D eigenvalue weighted by Crippen LogP contribution is 2.26. The summed E-state index contributed by atoms with van der Waals surface area (Å²) in [6.07, 6.45) is -0.582. The van der Waals surface area contributed by atoms with Gasteiger partial charge in [-0.25, -0.2) is 9.78 Å². The van der Waals surface area contributed by atoms with E-state index >= 15 is 0 Å². The molecule has 0 aliphatic heterocycles. The molecule has 0 saturated heterocycles. The SMILES string of the molecule is CC(NC(=O)NCC(O)C(C)(C)C)c1nc(C(C)(C)C)cs1. The van der Waals surface area contributed by atoms with Crippen LogP contribution >= 0.6 is 11.3 Å². The molecule has 1 aromatic heterocycles. The van der Waals surface area contributed by atoms with Crippen molar-refractivity contribution in [2.75, 3.05) is 6.54 Å². The van der Waals surface area contributed by atoms with Crippen LogP contribution < -0.4 is 10.6 Å². The predicted octanol–water partition coefficient (Wildman–Crippen LogP) is 3.21. The molecule has 6 heteroatoms. The van der Waals surface area contributed by atoms with Gasteiger partial charge < -0.3 is 15.7 Å². The molecule has 0 aromatic carbocycles. The number of nitrogens with one attached hydrogen (secondary N) is 2. The molecule has 5 nitrogen and oxygen atoms in total. The van der Waals surface area contributed by atoms with Crippen molar-refractivity contribution in [3.8, 4) is 0 Å². The topological polar surface area (TPSA) is 74.2 Å². The lowest BCUT2D eigenvalue weighted by Crippen LogP contribution is -2.44. The number of aliphatic hydroxyl groups is 1. The second-order valence-corrected chi connectivity index (χ2v) is 8.67. The third-order valence-corrected chi connectivity index (χ3v) is 4.49.